The Hall–Kier alpha value is -3.60. The third kappa shape index (κ3) is 51.3. The predicted octanol–water partition coefficient (Wildman–Crippen LogP) is 16.5. The number of phosphoric acid groups is 1. The summed E-state index contributed by atoms with van der Waals surface area (Å²) in [5.41, 5.74) is 0. The number of esters is 3. The maximum atomic E-state index is 12.9. The van der Waals surface area contributed by atoms with Crippen LogP contribution in [0.4, 0.5) is 0 Å². The summed E-state index contributed by atoms with van der Waals surface area (Å²) in [6.45, 7) is 4.34. The molecule has 3 atom stereocenters. The van der Waals surface area contributed by atoms with Crippen molar-refractivity contribution >= 4 is 25.7 Å². The molecule has 0 spiro atoms. The molecule has 0 fully saturated rings. The van der Waals surface area contributed by atoms with E-state index in [1.54, 1.807) is 0 Å². The van der Waals surface area contributed by atoms with E-state index >= 15 is 0 Å². The number of hydrogen-bond donors (Lipinski definition) is 2. The maximum Gasteiger partial charge on any atom is 0.472 e. The van der Waals surface area contributed by atoms with E-state index in [4.69, 9.17) is 23.3 Å². The number of hydrogen-bond acceptors (Lipinski definition) is 10. The van der Waals surface area contributed by atoms with Crippen molar-refractivity contribution in [2.24, 2.45) is 0 Å². The highest BCUT2D eigenvalue weighted by molar-refractivity contribution is 7.47. The molecular formula is C60H101O11P. The molecule has 0 aliphatic heterocycles. The van der Waals surface area contributed by atoms with E-state index in [2.05, 4.69) is 118 Å². The summed E-state index contributed by atoms with van der Waals surface area (Å²) < 4.78 is 39.4. The Labute approximate surface area is 438 Å². The Morgan fingerprint density at radius 3 is 1.14 bits per heavy atom. The van der Waals surface area contributed by atoms with Gasteiger partial charge in [0.15, 0.2) is 6.10 Å². The molecule has 0 rings (SSSR count). The molecule has 0 bridgehead atoms. The molecule has 0 saturated heterocycles. The van der Waals surface area contributed by atoms with Crippen LogP contribution in [0.15, 0.2) is 97.2 Å². The minimum absolute atomic E-state index is 0.121. The Kier molecular flexibility index (Phi) is 51.0. The summed E-state index contributed by atoms with van der Waals surface area (Å²) in [7, 11) is -4.76. The first-order valence-corrected chi connectivity index (χ1v) is 29.6. The van der Waals surface area contributed by atoms with Crippen LogP contribution in [0.5, 0.6) is 0 Å². The second-order valence-electron chi connectivity index (χ2n) is 18.3. The summed E-state index contributed by atoms with van der Waals surface area (Å²) in [5.74, 6) is -1.53. The number of ether oxygens (including phenoxy) is 3. The zero-order valence-electron chi connectivity index (χ0n) is 45.4. The fraction of sp³-hybridized carbons (Fsp3) is 0.683. The molecule has 2 N–H and O–H groups in total. The molecule has 72 heavy (non-hydrogen) atoms. The van der Waals surface area contributed by atoms with E-state index < -0.39 is 57.8 Å². The van der Waals surface area contributed by atoms with Gasteiger partial charge in [0.05, 0.1) is 19.8 Å². The maximum absolute atomic E-state index is 12.9. The molecule has 412 valence electrons. The molecule has 0 aromatic rings. The van der Waals surface area contributed by atoms with Crippen LogP contribution in [0, 0.1) is 0 Å². The lowest BCUT2D eigenvalue weighted by molar-refractivity contribution is -0.161. The molecular weight excluding hydrogens is 928 g/mol. The second kappa shape index (κ2) is 53.7. The van der Waals surface area contributed by atoms with E-state index in [1.807, 2.05) is 0 Å². The molecule has 0 aromatic heterocycles. The Balaban J connectivity index is 4.77. The molecule has 0 heterocycles. The van der Waals surface area contributed by atoms with E-state index in [1.165, 1.54) is 44.9 Å². The standard InChI is InChI=1S/C60H101O11P/c1-4-7-10-13-16-19-22-24-26-27-28-29-31-33-36-39-42-45-48-51-60(64)71-57(53-67-58(62)49-46-43-40-37-34-21-18-15-12-9-6-3)55-69-72(65,66)68-54-56(52-61)70-59(63)50-47-44-41-38-35-32-30-25-23-20-17-14-11-8-5-2/h7-8,10-11,16-17,19-20,24-26,28-30,35,38,56-57,61H,4-6,9,12-15,18,21-23,27,31-34,36-37,39-55H2,1-3H3,(H,65,66)/b10-7-,11-8-,19-16-,20-17-,26-24-,29-28-,30-25-,38-35-. The molecule has 0 amide bonds. The smallest absolute Gasteiger partial charge is 0.462 e. The monoisotopic (exact) mass is 1030 g/mol. The van der Waals surface area contributed by atoms with Gasteiger partial charge in [-0.3, -0.25) is 23.4 Å². The van der Waals surface area contributed by atoms with Crippen LogP contribution in [0.2, 0.25) is 0 Å². The molecule has 12 heteroatoms. The van der Waals surface area contributed by atoms with Crippen molar-refractivity contribution in [3.8, 4) is 0 Å². The highest BCUT2D eigenvalue weighted by atomic mass is 31.2. The average molecular weight is 1030 g/mol. The average Bonchev–Trinajstić information content (AvgIpc) is 3.37. The summed E-state index contributed by atoms with van der Waals surface area (Å²) in [6.07, 6.45) is 62.3. The molecule has 0 saturated carbocycles. The number of carbonyl (C=O) groups excluding carboxylic acids is 3. The lowest BCUT2D eigenvalue weighted by Crippen LogP contribution is -2.30. The number of phosphoric ester groups is 1. The normalized spacial score (nSPS) is 14.1. The van der Waals surface area contributed by atoms with Crippen LogP contribution in [0.1, 0.15) is 226 Å². The summed E-state index contributed by atoms with van der Waals surface area (Å²) >= 11 is 0. The third-order valence-electron chi connectivity index (χ3n) is 11.5. The van der Waals surface area contributed by atoms with Gasteiger partial charge in [0.2, 0.25) is 0 Å². The quantitative estimate of drug-likeness (QED) is 0.0197. The SMILES string of the molecule is CC/C=C\C/C=C\C/C=C\C/C=C\CCCCCCCCC(=O)OC(COC(=O)CCCCCCCCCCCCC)COP(=O)(O)OCC(CO)OC(=O)CCCC/C=C\C/C=C\C/C=C\C/C=C\CC. The number of carbonyl (C=O) groups is 3. The van der Waals surface area contributed by atoms with Crippen LogP contribution in [0.3, 0.4) is 0 Å². The fourth-order valence-electron chi connectivity index (χ4n) is 7.28. The number of aliphatic hydroxyl groups excluding tert-OH is 1. The van der Waals surface area contributed by atoms with Crippen LogP contribution < -0.4 is 0 Å². The summed E-state index contributed by atoms with van der Waals surface area (Å²) in [5, 5.41) is 9.80. The van der Waals surface area contributed by atoms with Crippen molar-refractivity contribution in [1.82, 2.24) is 0 Å². The van der Waals surface area contributed by atoms with Gasteiger partial charge in [-0.05, 0) is 96.3 Å². The Morgan fingerprint density at radius 1 is 0.403 bits per heavy atom. The van der Waals surface area contributed by atoms with Crippen LogP contribution >= 0.6 is 7.82 Å². The third-order valence-corrected chi connectivity index (χ3v) is 12.5. The van der Waals surface area contributed by atoms with Gasteiger partial charge >= 0.3 is 25.7 Å². The first-order valence-electron chi connectivity index (χ1n) is 28.1. The first kappa shape index (κ1) is 68.4. The summed E-state index contributed by atoms with van der Waals surface area (Å²) in [4.78, 5) is 48.4. The summed E-state index contributed by atoms with van der Waals surface area (Å²) in [6, 6.07) is 0. The van der Waals surface area contributed by atoms with Crippen molar-refractivity contribution in [3.63, 3.8) is 0 Å². The molecule has 0 aliphatic rings. The van der Waals surface area contributed by atoms with Crippen molar-refractivity contribution in [2.75, 3.05) is 26.4 Å². The van der Waals surface area contributed by atoms with Crippen molar-refractivity contribution in [1.29, 1.82) is 0 Å². The molecule has 3 unspecified atom stereocenters. The van der Waals surface area contributed by atoms with Crippen LogP contribution in [0.25, 0.3) is 0 Å². The predicted molar refractivity (Wildman–Crippen MR) is 297 cm³/mol. The molecule has 0 aromatic carbocycles. The fourth-order valence-corrected chi connectivity index (χ4v) is 8.06. The lowest BCUT2D eigenvalue weighted by atomic mass is 10.1. The zero-order chi connectivity index (χ0) is 52.7. The van der Waals surface area contributed by atoms with E-state index in [0.29, 0.717) is 19.3 Å². The van der Waals surface area contributed by atoms with Crippen molar-refractivity contribution < 1.29 is 52.2 Å². The van der Waals surface area contributed by atoms with Crippen molar-refractivity contribution in [2.45, 2.75) is 238 Å². The van der Waals surface area contributed by atoms with Gasteiger partial charge in [-0.25, -0.2) is 4.57 Å². The Bertz CT molecular complexity index is 1580. The zero-order valence-corrected chi connectivity index (χ0v) is 46.3. The molecule has 0 radical (unpaired) electrons. The van der Waals surface area contributed by atoms with Gasteiger partial charge in [-0.1, -0.05) is 208 Å². The molecule has 11 nitrogen and oxygen atoms in total. The number of unbranched alkanes of at least 4 members (excludes halogenated alkanes) is 18. The van der Waals surface area contributed by atoms with Crippen LogP contribution in [-0.2, 0) is 42.2 Å². The topological polar surface area (TPSA) is 155 Å². The van der Waals surface area contributed by atoms with E-state index in [-0.39, 0.29) is 25.9 Å². The number of aliphatic hydroxyl groups is 1. The first-order chi connectivity index (χ1) is 35.2. The van der Waals surface area contributed by atoms with Gasteiger partial charge in [0.25, 0.3) is 0 Å². The highest BCUT2D eigenvalue weighted by Gasteiger charge is 2.28. The van der Waals surface area contributed by atoms with Gasteiger partial charge in [-0.15, -0.1) is 0 Å². The van der Waals surface area contributed by atoms with Gasteiger partial charge < -0.3 is 24.2 Å². The molecule has 0 aliphatic carbocycles. The second-order valence-corrected chi connectivity index (χ2v) is 19.8. The minimum Gasteiger partial charge on any atom is -0.462 e. The number of rotatable bonds is 51. The van der Waals surface area contributed by atoms with E-state index in [0.717, 1.165) is 122 Å². The highest BCUT2D eigenvalue weighted by Crippen LogP contribution is 2.43. The van der Waals surface area contributed by atoms with Gasteiger partial charge in [0, 0.05) is 19.3 Å². The minimum atomic E-state index is -4.76. The van der Waals surface area contributed by atoms with Crippen molar-refractivity contribution in [3.05, 3.63) is 97.2 Å². The van der Waals surface area contributed by atoms with Gasteiger partial charge in [-0.2, -0.15) is 0 Å². The Morgan fingerprint density at radius 2 is 0.722 bits per heavy atom. The largest absolute Gasteiger partial charge is 0.472 e. The lowest BCUT2D eigenvalue weighted by Gasteiger charge is -2.21. The number of allylic oxidation sites excluding steroid dienone is 16. The van der Waals surface area contributed by atoms with Gasteiger partial charge in [0.1, 0.15) is 12.7 Å². The van der Waals surface area contributed by atoms with E-state index in [9.17, 15) is 28.9 Å². The van der Waals surface area contributed by atoms with Crippen LogP contribution in [-0.4, -0.2) is 66.5 Å².